The molecule has 0 radical (unpaired) electrons. The van der Waals surface area contributed by atoms with Crippen LogP contribution in [0.3, 0.4) is 0 Å². The molecule has 57 heavy (non-hydrogen) atoms. The monoisotopic (exact) mass is 733 g/mol. The fourth-order valence-corrected chi connectivity index (χ4v) is 10.1. The standard InChI is InChI=1S/C54H43N3/c1-53(2,3)32-21-25-44-40(29-32)41-30-33(54(4,5)6)31-42-49-37-23-26-45-48(36(37)22-27-46(49)56(44)51(41)42)39-24-28-47(50-38-19-13-14-20-43(38)57(45)52(39)50)55(34-15-9-7-10-16-34)35-17-11-8-12-18-35/h7-31H,1-6H3. The van der Waals surface area contributed by atoms with Gasteiger partial charge in [0.1, 0.15) is 0 Å². The predicted octanol–water partition coefficient (Wildman–Crippen LogP) is 15.2. The summed E-state index contributed by atoms with van der Waals surface area (Å²) in [6.07, 6.45) is 0. The lowest BCUT2D eigenvalue weighted by Crippen LogP contribution is -2.11. The Balaban J connectivity index is 1.21. The maximum Gasteiger partial charge on any atom is 0.0641 e. The molecule has 0 amide bonds. The first-order valence-corrected chi connectivity index (χ1v) is 20.3. The summed E-state index contributed by atoms with van der Waals surface area (Å²) in [4.78, 5) is 2.42. The number of nitrogens with zero attached hydrogens (tertiary/aromatic N) is 3. The SMILES string of the molecule is CC(C)(C)c1ccc2c(c1)c1cc(C(C)(C)C)cc3c4c5ccc6c(c5ccc4n2c13)c1ccc(N(c2ccccc2)c2ccccc2)c2c3ccccc3n6c12. The van der Waals surface area contributed by atoms with E-state index in [2.05, 4.69) is 207 Å². The van der Waals surface area contributed by atoms with E-state index in [9.17, 15) is 0 Å². The van der Waals surface area contributed by atoms with Crippen LogP contribution in [0, 0.1) is 0 Å². The Hall–Kier alpha value is -6.58. The third-order valence-corrected chi connectivity index (χ3v) is 12.8. The summed E-state index contributed by atoms with van der Waals surface area (Å²) in [5.41, 5.74) is 13.9. The van der Waals surface area contributed by atoms with Gasteiger partial charge in [0.2, 0.25) is 0 Å². The molecule has 0 bridgehead atoms. The van der Waals surface area contributed by atoms with Crippen LogP contribution in [0.15, 0.2) is 152 Å². The van der Waals surface area contributed by atoms with Crippen molar-refractivity contribution in [2.75, 3.05) is 4.90 Å². The van der Waals surface area contributed by atoms with Crippen LogP contribution in [0.5, 0.6) is 0 Å². The molecule has 0 N–H and O–H groups in total. The van der Waals surface area contributed by atoms with Gasteiger partial charge in [0, 0.05) is 54.5 Å². The van der Waals surface area contributed by atoms with Gasteiger partial charge in [0.15, 0.2) is 0 Å². The summed E-state index contributed by atoms with van der Waals surface area (Å²) in [5.74, 6) is 0. The molecule has 0 fully saturated rings. The third-order valence-electron chi connectivity index (χ3n) is 12.8. The van der Waals surface area contributed by atoms with Gasteiger partial charge >= 0.3 is 0 Å². The minimum Gasteiger partial charge on any atom is -0.310 e. The van der Waals surface area contributed by atoms with E-state index < -0.39 is 0 Å². The lowest BCUT2D eigenvalue weighted by Gasteiger charge is -2.26. The number of benzene rings is 8. The van der Waals surface area contributed by atoms with E-state index >= 15 is 0 Å². The van der Waals surface area contributed by atoms with Crippen molar-refractivity contribution in [2.45, 2.75) is 52.4 Å². The molecule has 0 saturated carbocycles. The minimum atomic E-state index is 0.000655. The number of hydrogen-bond acceptors (Lipinski definition) is 1. The number of anilines is 3. The minimum absolute atomic E-state index is 0.000655. The Labute approximate surface area is 331 Å². The Kier molecular flexibility index (Phi) is 6.33. The quantitative estimate of drug-likeness (QED) is 0.176. The highest BCUT2D eigenvalue weighted by Gasteiger charge is 2.28. The largest absolute Gasteiger partial charge is 0.310 e. The van der Waals surface area contributed by atoms with E-state index in [0.717, 1.165) is 11.4 Å². The molecule has 0 aliphatic carbocycles. The highest BCUT2D eigenvalue weighted by atomic mass is 15.1. The van der Waals surface area contributed by atoms with Gasteiger partial charge < -0.3 is 13.7 Å². The summed E-state index contributed by atoms with van der Waals surface area (Å²) in [5, 5.41) is 13.1. The fraction of sp³-hybridized carbons (Fsp3) is 0.148. The molecule has 8 aromatic carbocycles. The molecule has 0 spiro atoms. The Morgan fingerprint density at radius 2 is 0.860 bits per heavy atom. The van der Waals surface area contributed by atoms with Crippen LogP contribution in [0.4, 0.5) is 17.1 Å². The van der Waals surface area contributed by atoms with Gasteiger partial charge in [0.25, 0.3) is 0 Å². The van der Waals surface area contributed by atoms with Gasteiger partial charge in [-0.25, -0.2) is 0 Å². The lowest BCUT2D eigenvalue weighted by molar-refractivity contribution is 0.590. The first-order valence-electron chi connectivity index (χ1n) is 20.3. The zero-order valence-corrected chi connectivity index (χ0v) is 33.3. The van der Waals surface area contributed by atoms with E-state index in [1.165, 1.54) is 104 Å². The van der Waals surface area contributed by atoms with Gasteiger partial charge in [0.05, 0.1) is 38.8 Å². The van der Waals surface area contributed by atoms with E-state index in [1.807, 2.05) is 0 Å². The molecule has 3 nitrogen and oxygen atoms in total. The molecule has 3 heteroatoms. The first kappa shape index (κ1) is 32.6. The van der Waals surface area contributed by atoms with Crippen molar-refractivity contribution in [3.05, 3.63) is 163 Å². The maximum atomic E-state index is 2.55. The lowest BCUT2D eigenvalue weighted by atomic mass is 9.84. The number of aromatic nitrogens is 2. The van der Waals surface area contributed by atoms with Gasteiger partial charge in [-0.15, -0.1) is 0 Å². The summed E-state index contributed by atoms with van der Waals surface area (Å²) < 4.78 is 5.08. The molecule has 12 aromatic rings. The number of hydrogen-bond donors (Lipinski definition) is 0. The van der Waals surface area contributed by atoms with Crippen molar-refractivity contribution in [2.24, 2.45) is 0 Å². The average molecular weight is 734 g/mol. The van der Waals surface area contributed by atoms with Gasteiger partial charge in [-0.1, -0.05) is 120 Å². The number of para-hydroxylation sites is 3. The van der Waals surface area contributed by atoms with Crippen molar-refractivity contribution in [3.63, 3.8) is 0 Å². The van der Waals surface area contributed by atoms with E-state index in [4.69, 9.17) is 0 Å². The summed E-state index contributed by atoms with van der Waals surface area (Å²) >= 11 is 0. The number of fused-ring (bicyclic) bond motifs is 15. The Morgan fingerprint density at radius 3 is 1.51 bits per heavy atom. The van der Waals surface area contributed by atoms with Crippen LogP contribution in [0.1, 0.15) is 52.7 Å². The molecular formula is C54H43N3. The topological polar surface area (TPSA) is 12.1 Å². The average Bonchev–Trinajstić information content (AvgIpc) is 3.94. The molecule has 12 rings (SSSR count). The van der Waals surface area contributed by atoms with Crippen LogP contribution >= 0.6 is 0 Å². The summed E-state index contributed by atoms with van der Waals surface area (Å²) in [7, 11) is 0. The van der Waals surface area contributed by atoms with Crippen LogP contribution < -0.4 is 4.90 Å². The van der Waals surface area contributed by atoms with Crippen LogP contribution in [0.25, 0.3) is 87.0 Å². The Morgan fingerprint density at radius 1 is 0.351 bits per heavy atom. The zero-order valence-electron chi connectivity index (χ0n) is 33.3. The number of rotatable bonds is 3. The van der Waals surface area contributed by atoms with Crippen molar-refractivity contribution in [1.82, 2.24) is 8.80 Å². The van der Waals surface area contributed by atoms with E-state index in [0.29, 0.717) is 0 Å². The summed E-state index contributed by atoms with van der Waals surface area (Å²) in [6, 6.07) is 57.0. The second kappa shape index (κ2) is 11.0. The molecule has 4 aromatic heterocycles. The van der Waals surface area contributed by atoms with E-state index in [-0.39, 0.29) is 10.8 Å². The van der Waals surface area contributed by atoms with Gasteiger partial charge in [-0.05, 0) is 106 Å². The van der Waals surface area contributed by atoms with Crippen molar-refractivity contribution < 1.29 is 0 Å². The van der Waals surface area contributed by atoms with Crippen LogP contribution in [-0.4, -0.2) is 8.80 Å². The Bertz CT molecular complexity index is 3530. The van der Waals surface area contributed by atoms with E-state index in [1.54, 1.807) is 0 Å². The van der Waals surface area contributed by atoms with Crippen molar-refractivity contribution >= 4 is 104 Å². The molecular weight excluding hydrogens is 691 g/mol. The van der Waals surface area contributed by atoms with Crippen LogP contribution in [-0.2, 0) is 10.8 Å². The van der Waals surface area contributed by atoms with Crippen molar-refractivity contribution in [1.29, 1.82) is 0 Å². The van der Waals surface area contributed by atoms with Crippen LogP contribution in [0.2, 0.25) is 0 Å². The smallest absolute Gasteiger partial charge is 0.0641 e. The highest BCUT2D eigenvalue weighted by Crippen LogP contribution is 2.50. The molecule has 0 atom stereocenters. The first-order chi connectivity index (χ1) is 27.6. The third kappa shape index (κ3) is 4.32. The highest BCUT2D eigenvalue weighted by molar-refractivity contribution is 6.36. The molecule has 0 unspecified atom stereocenters. The van der Waals surface area contributed by atoms with Gasteiger partial charge in [-0.3, -0.25) is 0 Å². The second-order valence-corrected chi connectivity index (χ2v) is 18.2. The summed E-state index contributed by atoms with van der Waals surface area (Å²) in [6.45, 7) is 14.0. The molecule has 0 aliphatic heterocycles. The fourth-order valence-electron chi connectivity index (χ4n) is 10.1. The normalized spacial score (nSPS) is 13.1. The predicted molar refractivity (Wildman–Crippen MR) is 245 cm³/mol. The maximum absolute atomic E-state index is 2.55. The molecule has 274 valence electrons. The van der Waals surface area contributed by atoms with Gasteiger partial charge in [-0.2, -0.15) is 0 Å². The van der Waals surface area contributed by atoms with Crippen molar-refractivity contribution in [3.8, 4) is 0 Å². The molecule has 0 saturated heterocycles. The molecule has 0 aliphatic rings. The second-order valence-electron chi connectivity index (χ2n) is 18.2. The molecule has 4 heterocycles. The zero-order chi connectivity index (χ0) is 38.5.